The van der Waals surface area contributed by atoms with Crippen LogP contribution in [0.4, 0.5) is 0 Å². The molecule has 104 valence electrons. The molecule has 5 nitrogen and oxygen atoms in total. The Morgan fingerprint density at radius 1 is 1.00 bits per heavy atom. The minimum Gasteiger partial charge on any atom is -0.480 e. The van der Waals surface area contributed by atoms with Crippen molar-refractivity contribution in [2.45, 2.75) is 27.3 Å². The number of benzene rings is 1. The van der Waals surface area contributed by atoms with Gasteiger partial charge in [0.1, 0.15) is 0 Å². The smallest absolute Gasteiger partial charge is 0.317 e. The predicted octanol–water partition coefficient (Wildman–Crippen LogP) is 1.58. The first-order valence-electron chi connectivity index (χ1n) is 6.02. The summed E-state index contributed by atoms with van der Waals surface area (Å²) < 4.78 is 0. The van der Waals surface area contributed by atoms with E-state index in [1.807, 2.05) is 32.9 Å². The van der Waals surface area contributed by atoms with Crippen LogP contribution in [0.5, 0.6) is 0 Å². The number of hydrogen-bond donors (Lipinski definition) is 2. The van der Waals surface area contributed by atoms with E-state index in [9.17, 15) is 9.59 Å². The summed E-state index contributed by atoms with van der Waals surface area (Å²) in [5, 5.41) is 17.6. The largest absolute Gasteiger partial charge is 0.480 e. The maximum atomic E-state index is 10.8. The lowest BCUT2D eigenvalue weighted by Gasteiger charge is -2.21. The zero-order valence-corrected chi connectivity index (χ0v) is 11.4. The third-order valence-corrected chi connectivity index (χ3v) is 2.94. The summed E-state index contributed by atoms with van der Waals surface area (Å²) >= 11 is 0. The number of aliphatic carboxylic acids is 2. The number of nitrogens with zero attached hydrogens (tertiary/aromatic N) is 1. The molecule has 0 heterocycles. The second-order valence-corrected chi connectivity index (χ2v) is 4.81. The first kappa shape index (κ1) is 15.2. The summed E-state index contributed by atoms with van der Waals surface area (Å²) in [6, 6.07) is 4.03. The van der Waals surface area contributed by atoms with Crippen LogP contribution in [-0.2, 0) is 16.1 Å². The highest BCUT2D eigenvalue weighted by Crippen LogP contribution is 2.18. The van der Waals surface area contributed by atoms with Crippen molar-refractivity contribution < 1.29 is 19.8 Å². The fourth-order valence-corrected chi connectivity index (χ4v) is 2.23. The van der Waals surface area contributed by atoms with E-state index >= 15 is 0 Å². The maximum Gasteiger partial charge on any atom is 0.317 e. The minimum atomic E-state index is -1.02. The highest BCUT2D eigenvalue weighted by atomic mass is 16.4. The Hall–Kier alpha value is -1.88. The average molecular weight is 265 g/mol. The normalized spacial score (nSPS) is 10.7. The third-order valence-electron chi connectivity index (χ3n) is 2.94. The molecule has 0 aromatic heterocycles. The molecule has 1 aromatic rings. The van der Waals surface area contributed by atoms with Crippen LogP contribution in [0.2, 0.25) is 0 Å². The first-order valence-corrected chi connectivity index (χ1v) is 6.02. The molecular formula is C14H19NO4. The van der Waals surface area contributed by atoms with Crippen molar-refractivity contribution in [2.75, 3.05) is 13.1 Å². The van der Waals surface area contributed by atoms with Crippen LogP contribution in [0.15, 0.2) is 12.1 Å². The van der Waals surface area contributed by atoms with Crippen molar-refractivity contribution >= 4 is 11.9 Å². The van der Waals surface area contributed by atoms with Gasteiger partial charge in [-0.2, -0.15) is 0 Å². The lowest BCUT2D eigenvalue weighted by Crippen LogP contribution is -2.34. The van der Waals surface area contributed by atoms with Gasteiger partial charge < -0.3 is 10.2 Å². The number of carbonyl (C=O) groups is 2. The molecule has 0 aliphatic carbocycles. The van der Waals surface area contributed by atoms with Gasteiger partial charge in [0.05, 0.1) is 13.1 Å². The van der Waals surface area contributed by atoms with Crippen LogP contribution in [-0.4, -0.2) is 40.1 Å². The summed E-state index contributed by atoms with van der Waals surface area (Å²) in [6.07, 6.45) is 0. The Morgan fingerprint density at radius 2 is 1.42 bits per heavy atom. The number of carboxylic acid groups (broad SMARTS) is 2. The van der Waals surface area contributed by atoms with E-state index in [0.29, 0.717) is 6.54 Å². The first-order chi connectivity index (χ1) is 8.79. The monoisotopic (exact) mass is 265 g/mol. The van der Waals surface area contributed by atoms with Gasteiger partial charge >= 0.3 is 11.9 Å². The molecule has 0 radical (unpaired) electrons. The van der Waals surface area contributed by atoms with Gasteiger partial charge in [0.25, 0.3) is 0 Å². The summed E-state index contributed by atoms with van der Waals surface area (Å²) in [4.78, 5) is 23.0. The van der Waals surface area contributed by atoms with Gasteiger partial charge in [-0.15, -0.1) is 0 Å². The zero-order valence-electron chi connectivity index (χ0n) is 11.4. The SMILES string of the molecule is Cc1cc(C)c(CN(CC(=O)O)CC(=O)O)c(C)c1. The van der Waals surface area contributed by atoms with E-state index in [1.54, 1.807) is 0 Å². The molecule has 0 bridgehead atoms. The molecule has 0 spiro atoms. The lowest BCUT2D eigenvalue weighted by molar-refractivity contribution is -0.142. The van der Waals surface area contributed by atoms with Crippen molar-refractivity contribution in [3.8, 4) is 0 Å². The molecule has 1 rings (SSSR count). The fourth-order valence-electron chi connectivity index (χ4n) is 2.23. The van der Waals surface area contributed by atoms with Gasteiger partial charge in [0.2, 0.25) is 0 Å². The van der Waals surface area contributed by atoms with Gasteiger partial charge in [-0.25, -0.2) is 0 Å². The summed E-state index contributed by atoms with van der Waals surface area (Å²) in [5.74, 6) is -2.05. The Labute approximate surface area is 112 Å². The molecule has 1 aromatic carbocycles. The van der Waals surface area contributed by atoms with Crippen LogP contribution >= 0.6 is 0 Å². The fraction of sp³-hybridized carbons (Fsp3) is 0.429. The highest BCUT2D eigenvalue weighted by molar-refractivity contribution is 5.72. The lowest BCUT2D eigenvalue weighted by atomic mass is 9.99. The van der Waals surface area contributed by atoms with E-state index in [1.165, 1.54) is 4.90 Å². The molecule has 0 aliphatic rings. The quantitative estimate of drug-likeness (QED) is 0.816. The van der Waals surface area contributed by atoms with Crippen molar-refractivity contribution in [1.29, 1.82) is 0 Å². The Balaban J connectivity index is 2.95. The number of carboxylic acids is 2. The van der Waals surface area contributed by atoms with Crippen LogP contribution in [0.3, 0.4) is 0 Å². The predicted molar refractivity (Wildman–Crippen MR) is 71.2 cm³/mol. The molecule has 0 atom stereocenters. The van der Waals surface area contributed by atoms with Crippen LogP contribution in [0, 0.1) is 20.8 Å². The molecule has 19 heavy (non-hydrogen) atoms. The van der Waals surface area contributed by atoms with E-state index < -0.39 is 11.9 Å². The molecule has 2 N–H and O–H groups in total. The third kappa shape index (κ3) is 4.71. The highest BCUT2D eigenvalue weighted by Gasteiger charge is 2.16. The average Bonchev–Trinajstić information content (AvgIpc) is 2.21. The molecule has 0 amide bonds. The van der Waals surface area contributed by atoms with Gasteiger partial charge in [0.15, 0.2) is 0 Å². The van der Waals surface area contributed by atoms with Crippen molar-refractivity contribution in [1.82, 2.24) is 4.90 Å². The molecule has 0 fully saturated rings. The van der Waals surface area contributed by atoms with Gasteiger partial charge in [-0.1, -0.05) is 17.7 Å². The Bertz CT molecular complexity index is 457. The van der Waals surface area contributed by atoms with Crippen LogP contribution in [0.25, 0.3) is 0 Å². The number of aryl methyl sites for hydroxylation is 3. The van der Waals surface area contributed by atoms with E-state index in [0.717, 1.165) is 22.3 Å². The van der Waals surface area contributed by atoms with Crippen LogP contribution < -0.4 is 0 Å². The van der Waals surface area contributed by atoms with E-state index in [-0.39, 0.29) is 13.1 Å². The zero-order chi connectivity index (χ0) is 14.6. The number of rotatable bonds is 6. The van der Waals surface area contributed by atoms with Crippen LogP contribution in [0.1, 0.15) is 22.3 Å². The van der Waals surface area contributed by atoms with Gasteiger partial charge in [0, 0.05) is 6.54 Å². The molecule has 5 heteroatoms. The van der Waals surface area contributed by atoms with Gasteiger partial charge in [-0.05, 0) is 37.5 Å². The topological polar surface area (TPSA) is 77.8 Å². The molecule has 0 saturated carbocycles. The second-order valence-electron chi connectivity index (χ2n) is 4.81. The molecule has 0 unspecified atom stereocenters. The van der Waals surface area contributed by atoms with Crippen molar-refractivity contribution in [3.05, 3.63) is 34.4 Å². The van der Waals surface area contributed by atoms with Crippen molar-refractivity contribution in [3.63, 3.8) is 0 Å². The van der Waals surface area contributed by atoms with Gasteiger partial charge in [-0.3, -0.25) is 14.5 Å². The minimum absolute atomic E-state index is 0.279. The Morgan fingerprint density at radius 3 is 1.79 bits per heavy atom. The van der Waals surface area contributed by atoms with Crippen molar-refractivity contribution in [2.24, 2.45) is 0 Å². The molecule has 0 saturated heterocycles. The summed E-state index contributed by atoms with van der Waals surface area (Å²) in [6.45, 7) is 5.68. The maximum absolute atomic E-state index is 10.8. The molecule has 0 aliphatic heterocycles. The standard InChI is InChI=1S/C14H19NO4/c1-9-4-10(2)12(11(3)5-9)6-15(7-13(16)17)8-14(18)19/h4-5H,6-8H2,1-3H3,(H,16,17)(H,18,19). The summed E-state index contributed by atoms with van der Waals surface area (Å²) in [7, 11) is 0. The number of hydrogen-bond acceptors (Lipinski definition) is 3. The Kier molecular flexibility index (Phi) is 5.06. The van der Waals surface area contributed by atoms with E-state index in [4.69, 9.17) is 10.2 Å². The van der Waals surface area contributed by atoms with E-state index in [2.05, 4.69) is 0 Å². The summed E-state index contributed by atoms with van der Waals surface area (Å²) in [5.41, 5.74) is 4.24. The molecular weight excluding hydrogens is 246 g/mol. The second kappa shape index (κ2) is 6.33.